The fourth-order valence-electron chi connectivity index (χ4n) is 6.93. The number of thioether (sulfide) groups is 1. The molecule has 2 heterocycles. The maximum absolute atomic E-state index is 14.4. The topological polar surface area (TPSA) is 169 Å². The molecule has 0 bridgehead atoms. The van der Waals surface area contributed by atoms with Gasteiger partial charge < -0.3 is 39.5 Å². The predicted molar refractivity (Wildman–Crippen MR) is 193 cm³/mol. The van der Waals surface area contributed by atoms with Crippen molar-refractivity contribution in [1.82, 2.24) is 15.3 Å². The Hall–Kier alpha value is -4.88. The number of ketones is 2. The Morgan fingerprint density at radius 3 is 2.51 bits per heavy atom. The highest BCUT2D eigenvalue weighted by atomic mass is 35.5. The number of imidazole rings is 1. The Kier molecular flexibility index (Phi) is 10.1. The number of aromatic hydroxyl groups is 1. The molecule has 0 fully saturated rings. The highest BCUT2D eigenvalue weighted by Gasteiger charge is 2.61. The first-order valence-corrected chi connectivity index (χ1v) is 18.0. The lowest BCUT2D eigenvalue weighted by atomic mass is 9.69. The van der Waals surface area contributed by atoms with Gasteiger partial charge in [0, 0.05) is 36.3 Å². The molecule has 4 atom stereocenters. The molecule has 51 heavy (non-hydrogen) atoms. The monoisotopic (exact) mass is 735 g/mol. The molecule has 4 unspecified atom stereocenters. The number of aliphatic hydroxyl groups is 1. The Labute approximate surface area is 303 Å². The van der Waals surface area contributed by atoms with Crippen LogP contribution in [-0.4, -0.2) is 76.6 Å². The van der Waals surface area contributed by atoms with Gasteiger partial charge in [0.2, 0.25) is 17.3 Å². The number of aliphatic hydroxyl groups excluding tert-OH is 1. The van der Waals surface area contributed by atoms with Crippen molar-refractivity contribution in [3.8, 4) is 28.7 Å². The Bertz CT molecular complexity index is 2030. The second-order valence-electron chi connectivity index (χ2n) is 12.5. The van der Waals surface area contributed by atoms with E-state index < -0.39 is 46.7 Å². The Morgan fingerprint density at radius 2 is 1.82 bits per heavy atom. The van der Waals surface area contributed by atoms with E-state index in [1.807, 2.05) is 30.5 Å². The summed E-state index contributed by atoms with van der Waals surface area (Å²) in [5, 5.41) is 25.7. The number of carbonyl (C=O) groups excluding carboxylic acids is 3. The van der Waals surface area contributed by atoms with Crippen molar-refractivity contribution in [3.63, 3.8) is 0 Å². The minimum absolute atomic E-state index is 0.00142. The van der Waals surface area contributed by atoms with Gasteiger partial charge in [0.1, 0.15) is 27.9 Å². The molecule has 0 radical (unpaired) electrons. The number of allylic oxidation sites excluding steroid dienone is 1. The molecule has 4 N–H and O–H groups in total. The van der Waals surface area contributed by atoms with Crippen molar-refractivity contribution < 1.29 is 43.5 Å². The molecule has 268 valence electrons. The zero-order valence-corrected chi connectivity index (χ0v) is 30.2. The van der Waals surface area contributed by atoms with Gasteiger partial charge in [-0.05, 0) is 48.3 Å². The number of para-hydroxylation sites is 2. The highest BCUT2D eigenvalue weighted by Crippen LogP contribution is 2.56. The maximum Gasteiger partial charge on any atom is 0.231 e. The standard InChI is InChI=1S/C37H38ClN3O9S/c1-18-14-25(43)30(34(45)37(18)35(46)31-27(48-3)17-28(49-4)32(38)33(31)50-37)20(19-10-11-24(42)26(15-19)47-2)16-29(44)39-23(12-13-51-5)36-40-21-8-6-7-9-22(21)41-36/h6-11,15,17-18,20,23,42,45H,12-14,16H2,1-5H3,(H,39,44)(H,40,41). The average molecular weight is 736 g/mol. The molecular weight excluding hydrogens is 698 g/mol. The predicted octanol–water partition coefficient (Wildman–Crippen LogP) is 6.47. The first-order valence-electron chi connectivity index (χ1n) is 16.2. The van der Waals surface area contributed by atoms with Crippen LogP contribution in [-0.2, 0) is 9.59 Å². The zero-order chi connectivity index (χ0) is 36.6. The van der Waals surface area contributed by atoms with E-state index in [2.05, 4.69) is 10.3 Å². The fourth-order valence-corrected chi connectivity index (χ4v) is 7.66. The normalized spacial score (nSPS) is 19.5. The van der Waals surface area contributed by atoms with E-state index in [9.17, 15) is 24.6 Å². The lowest BCUT2D eigenvalue weighted by Gasteiger charge is -2.38. The molecule has 6 rings (SSSR count). The number of rotatable bonds is 12. The van der Waals surface area contributed by atoms with Crippen LogP contribution in [0.1, 0.15) is 59.9 Å². The molecule has 1 amide bonds. The maximum atomic E-state index is 14.4. The second-order valence-corrected chi connectivity index (χ2v) is 13.8. The second kappa shape index (κ2) is 14.4. The van der Waals surface area contributed by atoms with Crippen molar-refractivity contribution in [2.24, 2.45) is 5.92 Å². The first kappa shape index (κ1) is 35.9. The van der Waals surface area contributed by atoms with Gasteiger partial charge in [-0.3, -0.25) is 14.4 Å². The minimum Gasteiger partial charge on any atom is -0.507 e. The number of phenolic OH excluding ortho intramolecular Hbond substituents is 1. The van der Waals surface area contributed by atoms with E-state index >= 15 is 0 Å². The van der Waals surface area contributed by atoms with Crippen LogP contribution in [0.15, 0.2) is 59.9 Å². The van der Waals surface area contributed by atoms with Crippen LogP contribution >= 0.6 is 23.4 Å². The van der Waals surface area contributed by atoms with E-state index in [-0.39, 0.29) is 57.7 Å². The number of phenols is 1. The van der Waals surface area contributed by atoms with Gasteiger partial charge in [-0.2, -0.15) is 11.8 Å². The summed E-state index contributed by atoms with van der Waals surface area (Å²) in [6.07, 6.45) is 2.01. The van der Waals surface area contributed by atoms with Crippen molar-refractivity contribution in [2.75, 3.05) is 33.3 Å². The summed E-state index contributed by atoms with van der Waals surface area (Å²) < 4.78 is 22.6. The number of aromatic amines is 1. The third-order valence-corrected chi connectivity index (χ3v) is 10.5. The number of Topliss-reactive ketones (excluding diaryl/α,β-unsaturated/α-hetero) is 2. The third-order valence-electron chi connectivity index (χ3n) is 9.54. The van der Waals surface area contributed by atoms with Gasteiger partial charge in [-0.15, -0.1) is 0 Å². The van der Waals surface area contributed by atoms with Crippen molar-refractivity contribution in [1.29, 1.82) is 0 Å². The third kappa shape index (κ3) is 6.22. The molecule has 0 saturated heterocycles. The van der Waals surface area contributed by atoms with Crippen LogP contribution in [0.5, 0.6) is 28.7 Å². The van der Waals surface area contributed by atoms with E-state index in [4.69, 9.17) is 35.5 Å². The number of benzene rings is 3. The van der Waals surface area contributed by atoms with Gasteiger partial charge in [0.15, 0.2) is 28.8 Å². The summed E-state index contributed by atoms with van der Waals surface area (Å²) in [4.78, 5) is 50.6. The van der Waals surface area contributed by atoms with Crippen LogP contribution in [0, 0.1) is 5.92 Å². The molecule has 4 aromatic rings. The fraction of sp³-hybridized carbons (Fsp3) is 0.351. The molecule has 1 spiro atoms. The van der Waals surface area contributed by atoms with Gasteiger partial charge in [-0.1, -0.05) is 36.7 Å². The van der Waals surface area contributed by atoms with Gasteiger partial charge >= 0.3 is 0 Å². The molecule has 1 aromatic heterocycles. The highest BCUT2D eigenvalue weighted by molar-refractivity contribution is 7.98. The van der Waals surface area contributed by atoms with Gasteiger partial charge in [-0.25, -0.2) is 4.98 Å². The van der Waals surface area contributed by atoms with Crippen molar-refractivity contribution in [3.05, 3.63) is 81.8 Å². The minimum atomic E-state index is -2.06. The summed E-state index contributed by atoms with van der Waals surface area (Å²) in [5.41, 5.74) is -0.279. The molecule has 2 aliphatic rings. The summed E-state index contributed by atoms with van der Waals surface area (Å²) >= 11 is 8.25. The Morgan fingerprint density at radius 1 is 1.10 bits per heavy atom. The SMILES string of the molecule is COc1cc(C(CC(=O)NC(CCSC)c2nc3ccccc3[nH]2)C2=C(O)C3(Oc4c(Cl)c(OC)cc(OC)c4C3=O)C(C)CC2=O)ccc1O. The number of amides is 1. The molecule has 1 aliphatic heterocycles. The van der Waals surface area contributed by atoms with Crippen molar-refractivity contribution >= 4 is 51.9 Å². The first-order chi connectivity index (χ1) is 24.5. The van der Waals surface area contributed by atoms with E-state index in [1.54, 1.807) is 18.7 Å². The van der Waals surface area contributed by atoms with E-state index in [1.165, 1.54) is 45.6 Å². The lowest BCUT2D eigenvalue weighted by Crippen LogP contribution is -2.53. The number of nitrogens with one attached hydrogen (secondary N) is 2. The van der Waals surface area contributed by atoms with Crippen LogP contribution in [0.4, 0.5) is 0 Å². The quantitative estimate of drug-likeness (QED) is 0.126. The number of H-pyrrole nitrogens is 1. The summed E-state index contributed by atoms with van der Waals surface area (Å²) in [6, 6.07) is 12.9. The van der Waals surface area contributed by atoms with Crippen LogP contribution in [0.25, 0.3) is 11.0 Å². The average Bonchev–Trinajstić information content (AvgIpc) is 3.69. The van der Waals surface area contributed by atoms with Gasteiger partial charge in [0.05, 0.1) is 38.4 Å². The van der Waals surface area contributed by atoms with E-state index in [0.29, 0.717) is 17.8 Å². The number of hydrogen-bond donors (Lipinski definition) is 4. The van der Waals surface area contributed by atoms with E-state index in [0.717, 1.165) is 16.8 Å². The molecular formula is C37H38ClN3O9S. The van der Waals surface area contributed by atoms with Crippen molar-refractivity contribution in [2.45, 2.75) is 43.7 Å². The van der Waals surface area contributed by atoms with Crippen LogP contribution in [0.2, 0.25) is 5.02 Å². The molecule has 1 aliphatic carbocycles. The van der Waals surface area contributed by atoms with Gasteiger partial charge in [0.25, 0.3) is 0 Å². The number of halogens is 1. The largest absolute Gasteiger partial charge is 0.507 e. The molecule has 3 aromatic carbocycles. The molecule has 12 nitrogen and oxygen atoms in total. The van der Waals surface area contributed by atoms with Crippen LogP contribution in [0.3, 0.4) is 0 Å². The number of ether oxygens (including phenoxy) is 4. The smallest absolute Gasteiger partial charge is 0.231 e. The summed E-state index contributed by atoms with van der Waals surface area (Å²) in [7, 11) is 4.15. The number of hydrogen-bond acceptors (Lipinski definition) is 11. The lowest BCUT2D eigenvalue weighted by molar-refractivity contribution is -0.122. The number of fused-ring (bicyclic) bond motifs is 2. The van der Waals surface area contributed by atoms with Crippen LogP contribution < -0.4 is 24.3 Å². The molecule has 14 heteroatoms. The zero-order valence-electron chi connectivity index (χ0n) is 28.7. The number of nitrogens with zero attached hydrogens (tertiary/aromatic N) is 1. The number of methoxy groups -OCH3 is 3. The molecule has 0 saturated carbocycles. The number of aromatic nitrogens is 2. The summed E-state index contributed by atoms with van der Waals surface area (Å²) in [5.74, 6) is -2.66. The Balaban J connectivity index is 1.45. The number of carbonyl (C=O) groups is 3. The summed E-state index contributed by atoms with van der Waals surface area (Å²) in [6.45, 7) is 1.63.